The Labute approximate surface area is 155 Å². The lowest BCUT2D eigenvalue weighted by molar-refractivity contribution is 0.0698. The molecule has 0 fully saturated rings. The van der Waals surface area contributed by atoms with Crippen LogP contribution in [0.1, 0.15) is 23.2 Å². The molecule has 0 aromatic heterocycles. The summed E-state index contributed by atoms with van der Waals surface area (Å²) in [6.07, 6.45) is 1.59. The van der Waals surface area contributed by atoms with Crippen LogP contribution >= 0.6 is 34.8 Å². The summed E-state index contributed by atoms with van der Waals surface area (Å²) in [5.74, 6) is -0.457. The minimum atomic E-state index is -1.01. The van der Waals surface area contributed by atoms with E-state index in [1.54, 1.807) is 30.3 Å². The van der Waals surface area contributed by atoms with Crippen molar-refractivity contribution in [1.29, 1.82) is 0 Å². The monoisotopic (exact) mass is 387 g/mol. The van der Waals surface area contributed by atoms with Crippen LogP contribution in [0, 0.1) is 0 Å². The van der Waals surface area contributed by atoms with Gasteiger partial charge in [-0.2, -0.15) is 0 Å². The first-order chi connectivity index (χ1) is 11.5. The van der Waals surface area contributed by atoms with Crippen molar-refractivity contribution in [3.8, 4) is 5.75 Å². The molecule has 0 aliphatic carbocycles. The SMILES string of the molecule is O=C(O)c1cc(Cl)ccc1NCCCCOc1cc(Cl)ccc1Cl. The third kappa shape index (κ3) is 5.48. The third-order valence-electron chi connectivity index (χ3n) is 3.25. The molecule has 4 nitrogen and oxygen atoms in total. The molecule has 0 atom stereocenters. The molecule has 0 unspecified atom stereocenters. The summed E-state index contributed by atoms with van der Waals surface area (Å²) in [5, 5.41) is 13.7. The molecule has 0 spiro atoms. The smallest absolute Gasteiger partial charge is 0.337 e. The van der Waals surface area contributed by atoms with Gasteiger partial charge in [-0.05, 0) is 43.2 Å². The molecule has 2 N–H and O–H groups in total. The van der Waals surface area contributed by atoms with Crippen LogP contribution in [0.25, 0.3) is 0 Å². The van der Waals surface area contributed by atoms with Crippen LogP contribution in [-0.4, -0.2) is 24.2 Å². The Balaban J connectivity index is 1.76. The lowest BCUT2D eigenvalue weighted by Gasteiger charge is -2.11. The van der Waals surface area contributed by atoms with Crippen molar-refractivity contribution in [2.45, 2.75) is 12.8 Å². The van der Waals surface area contributed by atoms with E-state index < -0.39 is 5.97 Å². The maximum absolute atomic E-state index is 11.2. The van der Waals surface area contributed by atoms with E-state index in [9.17, 15) is 4.79 Å². The van der Waals surface area contributed by atoms with Crippen LogP contribution in [-0.2, 0) is 0 Å². The van der Waals surface area contributed by atoms with Crippen molar-refractivity contribution < 1.29 is 14.6 Å². The Kier molecular flexibility index (Phi) is 7.03. The number of nitrogens with one attached hydrogen (secondary N) is 1. The average molecular weight is 389 g/mol. The van der Waals surface area contributed by atoms with Crippen LogP contribution < -0.4 is 10.1 Å². The Hall–Kier alpha value is -1.62. The third-order valence-corrected chi connectivity index (χ3v) is 4.03. The molecule has 0 aliphatic heterocycles. The van der Waals surface area contributed by atoms with Crippen LogP contribution in [0.2, 0.25) is 15.1 Å². The number of rotatable bonds is 8. The zero-order valence-corrected chi connectivity index (χ0v) is 15.0. The molecule has 0 bridgehead atoms. The summed E-state index contributed by atoms with van der Waals surface area (Å²) in [6, 6.07) is 9.81. The Bertz CT molecular complexity index is 722. The van der Waals surface area contributed by atoms with Gasteiger partial charge in [-0.1, -0.05) is 34.8 Å². The van der Waals surface area contributed by atoms with Crippen LogP contribution in [0.5, 0.6) is 5.75 Å². The first-order valence-corrected chi connectivity index (χ1v) is 8.45. The highest BCUT2D eigenvalue weighted by atomic mass is 35.5. The molecule has 128 valence electrons. The number of carboxylic acids is 1. The number of hydrogen-bond acceptors (Lipinski definition) is 3. The van der Waals surface area contributed by atoms with Gasteiger partial charge in [-0.25, -0.2) is 4.79 Å². The summed E-state index contributed by atoms with van der Waals surface area (Å²) in [4.78, 5) is 11.2. The van der Waals surface area contributed by atoms with Gasteiger partial charge in [-0.15, -0.1) is 0 Å². The molecule has 2 aromatic carbocycles. The number of halogens is 3. The van der Waals surface area contributed by atoms with E-state index in [1.165, 1.54) is 6.07 Å². The zero-order valence-electron chi connectivity index (χ0n) is 12.7. The predicted octanol–water partition coefficient (Wildman–Crippen LogP) is 5.62. The number of carbonyl (C=O) groups is 1. The van der Waals surface area contributed by atoms with Gasteiger partial charge in [0.15, 0.2) is 0 Å². The molecule has 0 aliphatic rings. The lowest BCUT2D eigenvalue weighted by Crippen LogP contribution is -2.09. The molecule has 0 radical (unpaired) electrons. The fraction of sp³-hybridized carbons (Fsp3) is 0.235. The van der Waals surface area contributed by atoms with E-state index in [0.717, 1.165) is 12.8 Å². The number of benzene rings is 2. The number of hydrogen-bond donors (Lipinski definition) is 2. The maximum Gasteiger partial charge on any atom is 0.337 e. The largest absolute Gasteiger partial charge is 0.492 e. The topological polar surface area (TPSA) is 58.6 Å². The molecule has 7 heteroatoms. The lowest BCUT2D eigenvalue weighted by atomic mass is 10.1. The predicted molar refractivity (Wildman–Crippen MR) is 98.1 cm³/mol. The molecule has 0 amide bonds. The van der Waals surface area contributed by atoms with Gasteiger partial charge in [0, 0.05) is 28.3 Å². The maximum atomic E-state index is 11.2. The highest BCUT2D eigenvalue weighted by Crippen LogP contribution is 2.27. The highest BCUT2D eigenvalue weighted by Gasteiger charge is 2.10. The van der Waals surface area contributed by atoms with Gasteiger partial charge >= 0.3 is 5.97 Å². The van der Waals surface area contributed by atoms with E-state index in [-0.39, 0.29) is 5.56 Å². The van der Waals surface area contributed by atoms with Gasteiger partial charge in [0.1, 0.15) is 5.75 Å². The fourth-order valence-corrected chi connectivity index (χ4v) is 2.57. The average Bonchev–Trinajstić information content (AvgIpc) is 2.54. The van der Waals surface area contributed by atoms with Crippen molar-refractivity contribution in [1.82, 2.24) is 0 Å². The van der Waals surface area contributed by atoms with Gasteiger partial charge < -0.3 is 15.2 Å². The van der Waals surface area contributed by atoms with E-state index in [1.807, 2.05) is 0 Å². The minimum Gasteiger partial charge on any atom is -0.492 e. The molecule has 24 heavy (non-hydrogen) atoms. The summed E-state index contributed by atoms with van der Waals surface area (Å²) in [5.41, 5.74) is 0.704. The van der Waals surface area contributed by atoms with Crippen molar-refractivity contribution in [3.63, 3.8) is 0 Å². The van der Waals surface area contributed by atoms with Crippen LogP contribution in [0.4, 0.5) is 5.69 Å². The second-order valence-electron chi connectivity index (χ2n) is 5.05. The van der Waals surface area contributed by atoms with Gasteiger partial charge in [0.2, 0.25) is 0 Å². The minimum absolute atomic E-state index is 0.157. The second kappa shape index (κ2) is 9.02. The molecular formula is C17H16Cl3NO3. The van der Waals surface area contributed by atoms with Crippen molar-refractivity contribution in [2.24, 2.45) is 0 Å². The number of carboxylic acid groups (broad SMARTS) is 1. The standard InChI is InChI=1S/C17H16Cl3NO3/c18-11-4-6-15(13(9-11)17(22)23)21-7-1-2-8-24-16-10-12(19)3-5-14(16)20/h3-6,9-10,21H,1-2,7-8H2,(H,22,23). The Morgan fingerprint density at radius 3 is 2.50 bits per heavy atom. The summed E-state index contributed by atoms with van der Waals surface area (Å²) >= 11 is 17.7. The van der Waals surface area contributed by atoms with E-state index in [4.69, 9.17) is 44.6 Å². The molecule has 0 saturated carbocycles. The van der Waals surface area contributed by atoms with Gasteiger partial charge in [0.25, 0.3) is 0 Å². The number of aromatic carboxylic acids is 1. The van der Waals surface area contributed by atoms with E-state index in [0.29, 0.717) is 39.7 Å². The molecular weight excluding hydrogens is 373 g/mol. The van der Waals surface area contributed by atoms with Crippen molar-refractivity contribution in [2.75, 3.05) is 18.5 Å². The molecule has 2 aromatic rings. The van der Waals surface area contributed by atoms with Crippen LogP contribution in [0.15, 0.2) is 36.4 Å². The number of ether oxygens (including phenoxy) is 1. The summed E-state index contributed by atoms with van der Waals surface area (Å²) in [6.45, 7) is 1.11. The van der Waals surface area contributed by atoms with E-state index in [2.05, 4.69) is 5.32 Å². The quantitative estimate of drug-likeness (QED) is 0.577. The first kappa shape index (κ1) is 18.7. The molecule has 0 heterocycles. The summed E-state index contributed by atoms with van der Waals surface area (Å²) < 4.78 is 5.59. The first-order valence-electron chi connectivity index (χ1n) is 7.32. The molecule has 0 saturated heterocycles. The van der Waals surface area contributed by atoms with Gasteiger partial charge in [-0.3, -0.25) is 0 Å². The Morgan fingerprint density at radius 2 is 1.75 bits per heavy atom. The van der Waals surface area contributed by atoms with Crippen molar-refractivity contribution in [3.05, 3.63) is 57.0 Å². The van der Waals surface area contributed by atoms with Gasteiger partial charge in [0.05, 0.1) is 17.2 Å². The van der Waals surface area contributed by atoms with Crippen LogP contribution in [0.3, 0.4) is 0 Å². The normalized spacial score (nSPS) is 10.5. The number of anilines is 1. The van der Waals surface area contributed by atoms with Crippen molar-refractivity contribution >= 4 is 46.5 Å². The number of unbranched alkanes of at least 4 members (excludes halogenated alkanes) is 1. The zero-order chi connectivity index (χ0) is 17.5. The highest BCUT2D eigenvalue weighted by molar-refractivity contribution is 6.34. The fourth-order valence-electron chi connectivity index (χ4n) is 2.07. The molecule has 2 rings (SSSR count). The second-order valence-corrected chi connectivity index (χ2v) is 6.33. The Morgan fingerprint density at radius 1 is 1.04 bits per heavy atom. The van der Waals surface area contributed by atoms with E-state index >= 15 is 0 Å². The summed E-state index contributed by atoms with van der Waals surface area (Å²) in [7, 11) is 0.